The summed E-state index contributed by atoms with van der Waals surface area (Å²) < 4.78 is 0. The van der Waals surface area contributed by atoms with Gasteiger partial charge < -0.3 is 9.80 Å². The van der Waals surface area contributed by atoms with E-state index in [-0.39, 0.29) is 11.8 Å². The van der Waals surface area contributed by atoms with Crippen LogP contribution in [0.4, 0.5) is 5.69 Å². The first-order valence-corrected chi connectivity index (χ1v) is 10.2. The summed E-state index contributed by atoms with van der Waals surface area (Å²) in [5, 5.41) is 0. The third-order valence-electron chi connectivity index (χ3n) is 5.89. The highest BCUT2D eigenvalue weighted by Gasteiger charge is 2.43. The predicted octanol–water partition coefficient (Wildman–Crippen LogP) is 3.23. The van der Waals surface area contributed by atoms with E-state index in [1.54, 1.807) is 0 Å². The molecule has 0 saturated carbocycles. The van der Waals surface area contributed by atoms with Crippen molar-refractivity contribution >= 4 is 23.1 Å². The lowest BCUT2D eigenvalue weighted by molar-refractivity contribution is -0.120. The Balaban J connectivity index is 1.79. The lowest BCUT2D eigenvalue weighted by Gasteiger charge is -2.36. The van der Waals surface area contributed by atoms with Gasteiger partial charge >= 0.3 is 0 Å². The monoisotopic (exact) mass is 389 g/mol. The Hall–Kier alpha value is -2.92. The van der Waals surface area contributed by atoms with Crippen LogP contribution in [0.25, 0.3) is 5.57 Å². The molecule has 2 aliphatic rings. The number of likely N-dealkylation sites (N-methyl/N-ethyl adjacent to an activating group) is 1. The van der Waals surface area contributed by atoms with E-state index < -0.39 is 0 Å². The Morgan fingerprint density at radius 2 is 1.48 bits per heavy atom. The minimum atomic E-state index is -0.235. The van der Waals surface area contributed by atoms with E-state index in [4.69, 9.17) is 0 Å². The first-order valence-electron chi connectivity index (χ1n) is 10.2. The summed E-state index contributed by atoms with van der Waals surface area (Å²) in [5.41, 5.74) is 4.56. The Labute approximate surface area is 172 Å². The van der Waals surface area contributed by atoms with Gasteiger partial charge in [0.25, 0.3) is 11.8 Å². The average molecular weight is 389 g/mol. The van der Waals surface area contributed by atoms with Crippen LogP contribution in [0, 0.1) is 13.8 Å². The molecule has 4 rings (SSSR count). The fraction of sp³-hybridized carbons (Fsp3) is 0.333. The second-order valence-electron chi connectivity index (χ2n) is 7.74. The number of rotatable bonds is 4. The van der Waals surface area contributed by atoms with Crippen molar-refractivity contribution in [1.82, 2.24) is 9.80 Å². The molecule has 5 nitrogen and oxygen atoms in total. The summed E-state index contributed by atoms with van der Waals surface area (Å²) in [5.74, 6) is -0.453. The van der Waals surface area contributed by atoms with E-state index in [0.717, 1.165) is 49.4 Å². The van der Waals surface area contributed by atoms with Crippen molar-refractivity contribution in [1.29, 1.82) is 0 Å². The average Bonchev–Trinajstić information content (AvgIpc) is 2.99. The van der Waals surface area contributed by atoms with Crippen LogP contribution in [0.1, 0.15) is 23.6 Å². The van der Waals surface area contributed by atoms with Gasteiger partial charge in [-0.15, -0.1) is 0 Å². The number of hydrogen-bond acceptors (Lipinski definition) is 4. The fourth-order valence-electron chi connectivity index (χ4n) is 4.11. The zero-order valence-corrected chi connectivity index (χ0v) is 17.3. The summed E-state index contributed by atoms with van der Waals surface area (Å²) in [6.45, 7) is 10.4. The van der Waals surface area contributed by atoms with Gasteiger partial charge in [0.05, 0.1) is 11.3 Å². The van der Waals surface area contributed by atoms with Crippen molar-refractivity contribution in [3.05, 3.63) is 70.9 Å². The number of hydrogen-bond donors (Lipinski definition) is 0. The third kappa shape index (κ3) is 3.47. The van der Waals surface area contributed by atoms with Crippen molar-refractivity contribution in [3.63, 3.8) is 0 Å². The molecule has 2 aliphatic heterocycles. The summed E-state index contributed by atoms with van der Waals surface area (Å²) in [7, 11) is 0. The van der Waals surface area contributed by atoms with Crippen molar-refractivity contribution in [2.45, 2.75) is 20.8 Å². The van der Waals surface area contributed by atoms with Gasteiger partial charge in [0.15, 0.2) is 0 Å². The molecule has 1 fully saturated rings. The molecule has 0 aliphatic carbocycles. The number of aryl methyl sites for hydroxylation is 2. The van der Waals surface area contributed by atoms with Gasteiger partial charge in [-0.1, -0.05) is 55.0 Å². The largest absolute Gasteiger partial charge is 0.364 e. The van der Waals surface area contributed by atoms with Gasteiger partial charge in [-0.05, 0) is 37.6 Å². The summed E-state index contributed by atoms with van der Waals surface area (Å²) in [6, 6.07) is 15.4. The minimum Gasteiger partial charge on any atom is -0.364 e. The van der Waals surface area contributed by atoms with Gasteiger partial charge in [0, 0.05) is 26.2 Å². The highest BCUT2D eigenvalue weighted by atomic mass is 16.2. The van der Waals surface area contributed by atoms with Crippen LogP contribution in [0.2, 0.25) is 0 Å². The zero-order chi connectivity index (χ0) is 20.5. The maximum absolute atomic E-state index is 13.6. The Morgan fingerprint density at radius 3 is 2.10 bits per heavy atom. The van der Waals surface area contributed by atoms with Crippen molar-refractivity contribution in [2.24, 2.45) is 0 Å². The molecule has 5 heteroatoms. The molecule has 1 saturated heterocycles. The molecule has 0 radical (unpaired) electrons. The number of piperazine rings is 1. The van der Waals surface area contributed by atoms with E-state index >= 15 is 0 Å². The lowest BCUT2D eigenvalue weighted by atomic mass is 10.0. The quantitative estimate of drug-likeness (QED) is 0.753. The van der Waals surface area contributed by atoms with Gasteiger partial charge in [-0.3, -0.25) is 9.59 Å². The van der Waals surface area contributed by atoms with Gasteiger partial charge in [-0.2, -0.15) is 0 Å². The van der Waals surface area contributed by atoms with Crippen LogP contribution in [-0.4, -0.2) is 54.3 Å². The van der Waals surface area contributed by atoms with E-state index in [0.29, 0.717) is 17.0 Å². The lowest BCUT2D eigenvalue weighted by Crippen LogP contribution is -2.47. The summed E-state index contributed by atoms with van der Waals surface area (Å²) in [4.78, 5) is 32.9. The summed E-state index contributed by atoms with van der Waals surface area (Å²) in [6.07, 6.45) is 0. The molecule has 150 valence electrons. The normalized spacial score (nSPS) is 18.2. The van der Waals surface area contributed by atoms with E-state index in [2.05, 4.69) is 16.7 Å². The van der Waals surface area contributed by atoms with Gasteiger partial charge in [0.1, 0.15) is 5.70 Å². The fourth-order valence-corrected chi connectivity index (χ4v) is 4.11. The van der Waals surface area contributed by atoms with Crippen molar-refractivity contribution in [2.75, 3.05) is 37.6 Å². The maximum atomic E-state index is 13.6. The third-order valence-corrected chi connectivity index (χ3v) is 5.89. The molecule has 0 bridgehead atoms. The molecule has 0 spiro atoms. The molecule has 0 atom stereocenters. The maximum Gasteiger partial charge on any atom is 0.282 e. The topological polar surface area (TPSA) is 43.9 Å². The number of para-hydroxylation sites is 1. The highest BCUT2D eigenvalue weighted by molar-refractivity contribution is 6.45. The molecule has 0 N–H and O–H groups in total. The second-order valence-corrected chi connectivity index (χ2v) is 7.74. The number of imide groups is 1. The molecule has 2 heterocycles. The van der Waals surface area contributed by atoms with Crippen LogP contribution in [-0.2, 0) is 9.59 Å². The molecule has 2 aromatic carbocycles. The van der Waals surface area contributed by atoms with Gasteiger partial charge in [-0.25, -0.2) is 4.90 Å². The molecular formula is C24H27N3O2. The number of benzene rings is 2. The highest BCUT2D eigenvalue weighted by Crippen LogP contribution is 2.36. The zero-order valence-electron chi connectivity index (χ0n) is 17.3. The summed E-state index contributed by atoms with van der Waals surface area (Å²) >= 11 is 0. The molecule has 0 aromatic heterocycles. The Bertz CT molecular complexity index is 970. The number of carbonyl (C=O) groups is 2. The standard InChI is InChI=1S/C24H27N3O2/c1-4-25-13-15-26(16-14-25)22-21(19-11-9-17(2)10-12-19)23(28)27(24(22)29)20-8-6-5-7-18(20)3/h5-12H,4,13-16H2,1-3H3. The Kier molecular flexibility index (Phi) is 5.24. The van der Waals surface area contributed by atoms with Crippen molar-refractivity contribution < 1.29 is 9.59 Å². The molecule has 2 aromatic rings. The first-order chi connectivity index (χ1) is 14.0. The van der Waals surface area contributed by atoms with E-state index in [1.807, 2.05) is 62.4 Å². The smallest absolute Gasteiger partial charge is 0.282 e. The number of amides is 2. The molecule has 0 unspecified atom stereocenters. The van der Waals surface area contributed by atoms with Crippen LogP contribution in [0.15, 0.2) is 54.2 Å². The number of carbonyl (C=O) groups excluding carboxylic acids is 2. The number of anilines is 1. The van der Waals surface area contributed by atoms with Crippen LogP contribution < -0.4 is 4.90 Å². The van der Waals surface area contributed by atoms with Crippen molar-refractivity contribution in [3.8, 4) is 0 Å². The molecule has 29 heavy (non-hydrogen) atoms. The SMILES string of the molecule is CCN1CCN(C2=C(c3ccc(C)cc3)C(=O)N(c3ccccc3C)C2=O)CC1. The van der Waals surface area contributed by atoms with Crippen LogP contribution in [0.3, 0.4) is 0 Å². The second kappa shape index (κ2) is 7.84. The predicted molar refractivity (Wildman–Crippen MR) is 115 cm³/mol. The Morgan fingerprint density at radius 1 is 0.828 bits per heavy atom. The number of nitrogens with zero attached hydrogens (tertiary/aromatic N) is 3. The van der Waals surface area contributed by atoms with Crippen LogP contribution in [0.5, 0.6) is 0 Å². The first kappa shape index (κ1) is 19.4. The minimum absolute atomic E-state index is 0.218. The molecular weight excluding hydrogens is 362 g/mol. The van der Waals surface area contributed by atoms with Crippen LogP contribution >= 0.6 is 0 Å². The van der Waals surface area contributed by atoms with E-state index in [1.165, 1.54) is 4.90 Å². The van der Waals surface area contributed by atoms with E-state index in [9.17, 15) is 9.59 Å². The molecule has 2 amide bonds. The van der Waals surface area contributed by atoms with Gasteiger partial charge in [0.2, 0.25) is 0 Å².